The van der Waals surface area contributed by atoms with Gasteiger partial charge in [-0.25, -0.2) is 5.06 Å². The SMILES string of the molecule is CON(C)C(=O)c1cc2c(c([N+](=O)[O-])c1)CC(=O)CC2. The zero-order valence-corrected chi connectivity index (χ0v) is 11.2. The molecule has 0 saturated carbocycles. The monoisotopic (exact) mass is 278 g/mol. The minimum atomic E-state index is -0.555. The maximum absolute atomic E-state index is 12.0. The van der Waals surface area contributed by atoms with E-state index < -0.39 is 10.8 Å². The lowest BCUT2D eigenvalue weighted by molar-refractivity contribution is -0.385. The molecule has 0 N–H and O–H groups in total. The molecule has 1 amide bonds. The quantitative estimate of drug-likeness (QED) is 0.613. The third kappa shape index (κ3) is 2.53. The fourth-order valence-corrected chi connectivity index (χ4v) is 2.25. The second-order valence-corrected chi connectivity index (χ2v) is 4.59. The lowest BCUT2D eigenvalue weighted by atomic mass is 9.88. The van der Waals surface area contributed by atoms with E-state index in [4.69, 9.17) is 4.84 Å². The molecule has 0 aliphatic heterocycles. The highest BCUT2D eigenvalue weighted by molar-refractivity contribution is 5.95. The van der Waals surface area contributed by atoms with Gasteiger partial charge in [0.25, 0.3) is 11.6 Å². The number of hydrogen-bond donors (Lipinski definition) is 0. The fourth-order valence-electron chi connectivity index (χ4n) is 2.25. The van der Waals surface area contributed by atoms with Crippen molar-refractivity contribution in [2.24, 2.45) is 0 Å². The van der Waals surface area contributed by atoms with E-state index in [1.807, 2.05) is 0 Å². The maximum Gasteiger partial charge on any atom is 0.277 e. The number of benzene rings is 1. The summed E-state index contributed by atoms with van der Waals surface area (Å²) in [5.74, 6) is -0.482. The third-order valence-corrected chi connectivity index (χ3v) is 3.37. The van der Waals surface area contributed by atoms with Crippen LogP contribution in [0.4, 0.5) is 5.69 Å². The Morgan fingerprint density at radius 1 is 1.40 bits per heavy atom. The van der Waals surface area contributed by atoms with E-state index in [2.05, 4.69) is 0 Å². The van der Waals surface area contributed by atoms with Crippen LogP contribution in [0.1, 0.15) is 27.9 Å². The molecule has 7 heteroatoms. The Morgan fingerprint density at radius 3 is 2.70 bits per heavy atom. The first-order valence-corrected chi connectivity index (χ1v) is 6.08. The number of ketones is 1. The summed E-state index contributed by atoms with van der Waals surface area (Å²) in [6, 6.07) is 2.81. The van der Waals surface area contributed by atoms with Crippen LogP contribution >= 0.6 is 0 Å². The number of Topliss-reactive ketones (excluding diaryl/α,β-unsaturated/α-hetero) is 1. The molecule has 0 atom stereocenters. The molecule has 20 heavy (non-hydrogen) atoms. The van der Waals surface area contributed by atoms with Crippen molar-refractivity contribution in [3.8, 4) is 0 Å². The zero-order valence-electron chi connectivity index (χ0n) is 11.2. The van der Waals surface area contributed by atoms with Gasteiger partial charge in [0.1, 0.15) is 5.78 Å². The summed E-state index contributed by atoms with van der Waals surface area (Å²) >= 11 is 0. The third-order valence-electron chi connectivity index (χ3n) is 3.37. The molecule has 1 aromatic rings. The smallest absolute Gasteiger partial charge is 0.277 e. The van der Waals surface area contributed by atoms with Crippen molar-refractivity contribution < 1.29 is 19.3 Å². The van der Waals surface area contributed by atoms with E-state index in [0.717, 1.165) is 5.06 Å². The first kappa shape index (κ1) is 14.1. The van der Waals surface area contributed by atoms with E-state index in [1.165, 1.54) is 20.2 Å². The fraction of sp³-hybridized carbons (Fsp3) is 0.385. The standard InChI is InChI=1S/C13H14N2O5/c1-14(20-2)13(17)9-5-8-3-4-10(16)7-11(8)12(6-9)15(18)19/h5-6H,3-4,7H2,1-2H3. The molecule has 0 unspecified atom stereocenters. The van der Waals surface area contributed by atoms with Gasteiger partial charge < -0.3 is 0 Å². The summed E-state index contributed by atoms with van der Waals surface area (Å²) in [6.45, 7) is 0. The van der Waals surface area contributed by atoms with Crippen molar-refractivity contribution in [2.75, 3.05) is 14.2 Å². The van der Waals surface area contributed by atoms with Crippen LogP contribution in [0.25, 0.3) is 0 Å². The van der Waals surface area contributed by atoms with Gasteiger partial charge in [0, 0.05) is 37.1 Å². The first-order chi connectivity index (χ1) is 9.43. The van der Waals surface area contributed by atoms with Crippen molar-refractivity contribution in [3.05, 3.63) is 38.9 Å². The Balaban J connectivity index is 2.53. The van der Waals surface area contributed by atoms with Gasteiger partial charge in [-0.2, -0.15) is 0 Å². The molecule has 0 radical (unpaired) electrons. The minimum Gasteiger partial charge on any atom is -0.299 e. The van der Waals surface area contributed by atoms with Gasteiger partial charge in [-0.3, -0.25) is 24.5 Å². The average Bonchev–Trinajstić information content (AvgIpc) is 2.44. The van der Waals surface area contributed by atoms with E-state index in [-0.39, 0.29) is 23.5 Å². The van der Waals surface area contributed by atoms with Gasteiger partial charge in [0.2, 0.25) is 0 Å². The molecule has 2 rings (SSSR count). The molecule has 0 fully saturated rings. The summed E-state index contributed by atoms with van der Waals surface area (Å²) in [5.41, 5.74) is 1.12. The number of nitrogens with zero attached hydrogens (tertiary/aromatic N) is 2. The molecule has 1 aromatic carbocycles. The first-order valence-electron chi connectivity index (χ1n) is 6.08. The summed E-state index contributed by atoms with van der Waals surface area (Å²) in [7, 11) is 2.76. The van der Waals surface area contributed by atoms with Crippen molar-refractivity contribution in [1.29, 1.82) is 0 Å². The number of nitro groups is 1. The van der Waals surface area contributed by atoms with Gasteiger partial charge in [0.15, 0.2) is 0 Å². The second-order valence-electron chi connectivity index (χ2n) is 4.59. The van der Waals surface area contributed by atoms with Crippen LogP contribution in [0.3, 0.4) is 0 Å². The Bertz CT molecular complexity index is 597. The minimum absolute atomic E-state index is 0.0197. The summed E-state index contributed by atoms with van der Waals surface area (Å²) in [4.78, 5) is 38.8. The van der Waals surface area contributed by atoms with Gasteiger partial charge in [0.05, 0.1) is 12.0 Å². The normalized spacial score (nSPS) is 13.8. The maximum atomic E-state index is 12.0. The van der Waals surface area contributed by atoms with Crippen LogP contribution in [0.5, 0.6) is 0 Å². The Morgan fingerprint density at radius 2 is 2.10 bits per heavy atom. The predicted molar refractivity (Wildman–Crippen MR) is 69.2 cm³/mol. The molecule has 1 aliphatic rings. The molecule has 0 saturated heterocycles. The lowest BCUT2D eigenvalue weighted by Crippen LogP contribution is -2.26. The van der Waals surface area contributed by atoms with Gasteiger partial charge in [-0.15, -0.1) is 0 Å². The van der Waals surface area contributed by atoms with Crippen LogP contribution in [0.2, 0.25) is 0 Å². The molecule has 1 aliphatic carbocycles. The number of carbonyl (C=O) groups is 2. The van der Waals surface area contributed by atoms with Gasteiger partial charge >= 0.3 is 0 Å². The predicted octanol–water partition coefficient (Wildman–Crippen LogP) is 1.29. The number of hydroxylamine groups is 2. The molecule has 7 nitrogen and oxygen atoms in total. The number of carbonyl (C=O) groups excluding carboxylic acids is 2. The van der Waals surface area contributed by atoms with Crippen LogP contribution in [0, 0.1) is 10.1 Å². The zero-order chi connectivity index (χ0) is 14.9. The summed E-state index contributed by atoms with van der Waals surface area (Å²) < 4.78 is 0. The molecule has 0 bridgehead atoms. The van der Waals surface area contributed by atoms with Crippen LogP contribution in [-0.2, 0) is 22.5 Å². The molecule has 0 spiro atoms. The van der Waals surface area contributed by atoms with Crippen molar-refractivity contribution in [1.82, 2.24) is 5.06 Å². The number of fused-ring (bicyclic) bond motifs is 1. The molecular formula is C13H14N2O5. The van der Waals surface area contributed by atoms with E-state index >= 15 is 0 Å². The highest BCUT2D eigenvalue weighted by Gasteiger charge is 2.27. The molecule has 0 aromatic heterocycles. The number of hydrogen-bond acceptors (Lipinski definition) is 5. The largest absolute Gasteiger partial charge is 0.299 e. The highest BCUT2D eigenvalue weighted by atomic mass is 16.7. The Kier molecular flexibility index (Phi) is 3.80. The Hall–Kier alpha value is -2.28. The van der Waals surface area contributed by atoms with Crippen LogP contribution < -0.4 is 0 Å². The van der Waals surface area contributed by atoms with Crippen molar-refractivity contribution in [2.45, 2.75) is 19.3 Å². The van der Waals surface area contributed by atoms with E-state index in [0.29, 0.717) is 24.0 Å². The number of amides is 1. The molecule has 106 valence electrons. The van der Waals surface area contributed by atoms with E-state index in [1.54, 1.807) is 6.07 Å². The van der Waals surface area contributed by atoms with Crippen LogP contribution in [-0.4, -0.2) is 35.8 Å². The summed E-state index contributed by atoms with van der Waals surface area (Å²) in [5, 5.41) is 12.1. The summed E-state index contributed by atoms with van der Waals surface area (Å²) in [6.07, 6.45) is 0.828. The lowest BCUT2D eigenvalue weighted by Gasteiger charge is -2.18. The molecular weight excluding hydrogens is 264 g/mol. The van der Waals surface area contributed by atoms with E-state index in [9.17, 15) is 19.7 Å². The highest BCUT2D eigenvalue weighted by Crippen LogP contribution is 2.30. The number of rotatable bonds is 3. The average molecular weight is 278 g/mol. The van der Waals surface area contributed by atoms with Gasteiger partial charge in [-0.1, -0.05) is 0 Å². The second kappa shape index (κ2) is 5.38. The Labute approximate surface area is 115 Å². The number of nitro benzene ring substituents is 1. The number of aryl methyl sites for hydroxylation is 1. The topological polar surface area (TPSA) is 89.8 Å². The van der Waals surface area contributed by atoms with Crippen LogP contribution in [0.15, 0.2) is 12.1 Å². The van der Waals surface area contributed by atoms with Crippen molar-refractivity contribution in [3.63, 3.8) is 0 Å². The van der Waals surface area contributed by atoms with Gasteiger partial charge in [-0.05, 0) is 18.1 Å². The van der Waals surface area contributed by atoms with Crippen molar-refractivity contribution >= 4 is 17.4 Å². The molecule has 0 heterocycles.